The monoisotopic (exact) mass is 587 g/mol. The van der Waals surface area contributed by atoms with Gasteiger partial charge < -0.3 is 20.6 Å². The molecule has 0 bridgehead atoms. The zero-order valence-electron chi connectivity index (χ0n) is 24.7. The third kappa shape index (κ3) is 6.14. The molecule has 1 amide bonds. The second-order valence-electron chi connectivity index (χ2n) is 12.4. The molecular weight excluding hydrogens is 550 g/mol. The molecule has 4 N–H and O–H groups in total. The van der Waals surface area contributed by atoms with Crippen LogP contribution < -0.4 is 5.32 Å². The molecule has 0 saturated heterocycles. The molecule has 0 heterocycles. The van der Waals surface area contributed by atoms with Crippen molar-refractivity contribution < 1.29 is 28.5 Å². The first-order chi connectivity index (χ1) is 19.5. The van der Waals surface area contributed by atoms with Crippen molar-refractivity contribution in [3.05, 3.63) is 107 Å². The van der Waals surface area contributed by atoms with E-state index in [0.717, 1.165) is 11.1 Å². The van der Waals surface area contributed by atoms with Gasteiger partial charge in [0, 0.05) is 17.7 Å². The van der Waals surface area contributed by atoms with Crippen molar-refractivity contribution in [2.75, 3.05) is 5.32 Å². The Balaban J connectivity index is 1.62. The summed E-state index contributed by atoms with van der Waals surface area (Å²) in [5.41, 5.74) is 2.41. The van der Waals surface area contributed by atoms with Crippen LogP contribution in [-0.4, -0.2) is 29.6 Å². The van der Waals surface area contributed by atoms with Gasteiger partial charge in [-0.3, -0.25) is 4.79 Å². The highest BCUT2D eigenvalue weighted by molar-refractivity contribution is 7.91. The van der Waals surface area contributed by atoms with Crippen LogP contribution in [-0.2, 0) is 27.1 Å². The molecule has 42 heavy (non-hydrogen) atoms. The summed E-state index contributed by atoms with van der Waals surface area (Å²) in [6.45, 7) is 12.1. The van der Waals surface area contributed by atoms with Crippen molar-refractivity contribution in [1.82, 2.24) is 0 Å². The number of hydrogen-bond donors (Lipinski definition) is 4. The highest BCUT2D eigenvalue weighted by Crippen LogP contribution is 2.42. The molecule has 4 rings (SSSR count). The number of benzene rings is 4. The lowest BCUT2D eigenvalue weighted by Crippen LogP contribution is -2.17. The normalized spacial score (nSPS) is 12.2. The molecule has 7 nitrogen and oxygen atoms in total. The SMILES string of the molecule is CC(C)(C)c1ccccc1Cc1cc(C(=O)Nc2ccc(S(=O)(=O)c3ccccc3C(C)(C)C)cc2)c(O)c(O)c1O. The summed E-state index contributed by atoms with van der Waals surface area (Å²) in [6.07, 6.45) is 0.218. The number of carbonyl (C=O) groups excluding carboxylic acids is 1. The lowest BCUT2D eigenvalue weighted by Gasteiger charge is -2.23. The molecule has 220 valence electrons. The summed E-state index contributed by atoms with van der Waals surface area (Å²) >= 11 is 0. The summed E-state index contributed by atoms with van der Waals surface area (Å²) in [5, 5.41) is 34.2. The van der Waals surface area contributed by atoms with E-state index in [0.29, 0.717) is 5.56 Å². The van der Waals surface area contributed by atoms with Crippen molar-refractivity contribution >= 4 is 21.4 Å². The molecule has 4 aromatic carbocycles. The molecule has 0 aromatic heterocycles. The maximum atomic E-state index is 13.5. The van der Waals surface area contributed by atoms with E-state index in [1.165, 1.54) is 30.3 Å². The maximum Gasteiger partial charge on any atom is 0.259 e. The largest absolute Gasteiger partial charge is 0.504 e. The van der Waals surface area contributed by atoms with Crippen LogP contribution in [0, 0.1) is 0 Å². The third-order valence-corrected chi connectivity index (χ3v) is 9.01. The predicted octanol–water partition coefficient (Wildman–Crippen LogP) is 7.07. The number of aromatic hydroxyl groups is 3. The van der Waals surface area contributed by atoms with Crippen LogP contribution in [0.25, 0.3) is 0 Å². The van der Waals surface area contributed by atoms with Crippen molar-refractivity contribution in [3.63, 3.8) is 0 Å². The molecule has 0 unspecified atom stereocenters. The molecule has 8 heteroatoms. The second-order valence-corrected chi connectivity index (χ2v) is 14.4. The van der Waals surface area contributed by atoms with E-state index in [1.54, 1.807) is 18.2 Å². The summed E-state index contributed by atoms with van der Waals surface area (Å²) < 4.78 is 26.9. The Kier molecular flexibility index (Phi) is 8.16. The van der Waals surface area contributed by atoms with Crippen LogP contribution >= 0.6 is 0 Å². The van der Waals surface area contributed by atoms with E-state index in [2.05, 4.69) is 26.1 Å². The highest BCUT2D eigenvalue weighted by atomic mass is 32.2. The molecule has 0 saturated carbocycles. The van der Waals surface area contributed by atoms with E-state index < -0.39 is 33.0 Å². The topological polar surface area (TPSA) is 124 Å². The van der Waals surface area contributed by atoms with Crippen LogP contribution in [0.3, 0.4) is 0 Å². The van der Waals surface area contributed by atoms with Gasteiger partial charge in [-0.05, 0) is 63.9 Å². The fourth-order valence-corrected chi connectivity index (χ4v) is 6.66. The minimum Gasteiger partial charge on any atom is -0.504 e. The zero-order chi connectivity index (χ0) is 31.0. The van der Waals surface area contributed by atoms with Gasteiger partial charge in [0.05, 0.1) is 15.4 Å². The van der Waals surface area contributed by atoms with Gasteiger partial charge in [-0.25, -0.2) is 8.42 Å². The molecule has 0 radical (unpaired) electrons. The molecule has 0 fully saturated rings. The Labute approximate surface area is 247 Å². The third-order valence-electron chi connectivity index (χ3n) is 7.18. The predicted molar refractivity (Wildman–Crippen MR) is 164 cm³/mol. The standard InChI is InChI=1S/C34H37NO6S/c1-33(2,3)26-12-8-7-11-21(26)19-22-20-25(30(37)31(38)29(22)36)32(39)35-23-15-17-24(18-16-23)42(40,41)28-14-10-9-13-27(28)34(4,5)6/h7-18,20,36-38H,19H2,1-6H3,(H,35,39). The highest BCUT2D eigenvalue weighted by Gasteiger charge is 2.27. The van der Waals surface area contributed by atoms with Crippen LogP contribution in [0.5, 0.6) is 17.2 Å². The fourth-order valence-electron chi connectivity index (χ4n) is 4.99. The summed E-state index contributed by atoms with van der Waals surface area (Å²) in [7, 11) is -3.83. The van der Waals surface area contributed by atoms with Crippen molar-refractivity contribution in [3.8, 4) is 17.2 Å². The van der Waals surface area contributed by atoms with Crippen molar-refractivity contribution in [2.45, 2.75) is 68.6 Å². The number of amides is 1. The number of sulfone groups is 1. The van der Waals surface area contributed by atoms with E-state index in [1.807, 2.05) is 51.1 Å². The smallest absolute Gasteiger partial charge is 0.259 e. The molecular formula is C34H37NO6S. The number of hydrogen-bond acceptors (Lipinski definition) is 6. The molecule has 4 aromatic rings. The number of nitrogens with one attached hydrogen (secondary N) is 1. The van der Waals surface area contributed by atoms with E-state index in [4.69, 9.17) is 0 Å². The lowest BCUT2D eigenvalue weighted by atomic mass is 9.82. The van der Waals surface area contributed by atoms with Crippen LogP contribution in [0.15, 0.2) is 88.7 Å². The Morgan fingerprint density at radius 1 is 0.690 bits per heavy atom. The molecule has 0 aliphatic carbocycles. The maximum absolute atomic E-state index is 13.5. The summed E-state index contributed by atoms with van der Waals surface area (Å²) in [6, 6.07) is 21.7. The fraction of sp³-hybridized carbons (Fsp3) is 0.265. The minimum absolute atomic E-state index is 0.0714. The average molecular weight is 588 g/mol. The van der Waals surface area contributed by atoms with Gasteiger partial charge in [-0.1, -0.05) is 84.0 Å². The van der Waals surface area contributed by atoms with Gasteiger partial charge in [0.1, 0.15) is 0 Å². The van der Waals surface area contributed by atoms with Gasteiger partial charge in [-0.2, -0.15) is 0 Å². The van der Waals surface area contributed by atoms with E-state index >= 15 is 0 Å². The lowest BCUT2D eigenvalue weighted by molar-refractivity contribution is 0.102. The second kappa shape index (κ2) is 11.2. The van der Waals surface area contributed by atoms with Crippen LogP contribution in [0.1, 0.15) is 74.2 Å². The Hall–Kier alpha value is -4.30. The van der Waals surface area contributed by atoms with Gasteiger partial charge in [0.25, 0.3) is 5.91 Å². The van der Waals surface area contributed by atoms with Gasteiger partial charge in [0.15, 0.2) is 11.5 Å². The molecule has 0 aliphatic heterocycles. The van der Waals surface area contributed by atoms with Gasteiger partial charge in [0.2, 0.25) is 15.6 Å². The van der Waals surface area contributed by atoms with Crippen LogP contribution in [0.4, 0.5) is 5.69 Å². The number of phenolic OH excluding ortho intramolecular Hbond substituents is 3. The molecule has 0 spiro atoms. The number of anilines is 1. The number of phenols is 3. The van der Waals surface area contributed by atoms with Gasteiger partial charge in [-0.15, -0.1) is 0 Å². The van der Waals surface area contributed by atoms with Crippen molar-refractivity contribution in [2.24, 2.45) is 0 Å². The Bertz CT molecular complexity index is 1740. The van der Waals surface area contributed by atoms with E-state index in [-0.39, 0.29) is 43.9 Å². The Morgan fingerprint density at radius 3 is 1.83 bits per heavy atom. The first-order valence-corrected chi connectivity index (χ1v) is 15.1. The van der Waals surface area contributed by atoms with E-state index in [9.17, 15) is 28.5 Å². The van der Waals surface area contributed by atoms with Crippen LogP contribution in [0.2, 0.25) is 0 Å². The minimum atomic E-state index is -3.83. The average Bonchev–Trinajstić information content (AvgIpc) is 2.93. The number of carbonyl (C=O) groups is 1. The van der Waals surface area contributed by atoms with Crippen molar-refractivity contribution in [1.29, 1.82) is 0 Å². The zero-order valence-corrected chi connectivity index (χ0v) is 25.5. The number of rotatable bonds is 6. The first kappa shape index (κ1) is 30.7. The Morgan fingerprint density at radius 2 is 1.24 bits per heavy atom. The molecule has 0 aliphatic rings. The molecule has 0 atom stereocenters. The summed E-state index contributed by atoms with van der Waals surface area (Å²) in [4.78, 5) is 13.5. The quantitative estimate of drug-likeness (QED) is 0.179. The summed E-state index contributed by atoms with van der Waals surface area (Å²) in [5.74, 6) is -2.78. The first-order valence-electron chi connectivity index (χ1n) is 13.6. The van der Waals surface area contributed by atoms with Gasteiger partial charge >= 0.3 is 0 Å².